The molecule has 15 heavy (non-hydrogen) atoms. The maximum absolute atomic E-state index is 3.69. The summed E-state index contributed by atoms with van der Waals surface area (Å²) < 4.78 is 0. The number of likely N-dealkylation sites (tertiary alicyclic amines) is 1. The molecule has 0 radical (unpaired) electrons. The molecule has 0 amide bonds. The van der Waals surface area contributed by atoms with Crippen LogP contribution in [0.4, 0.5) is 0 Å². The molecule has 90 valence electrons. The minimum Gasteiger partial charge on any atom is -0.313 e. The van der Waals surface area contributed by atoms with E-state index in [0.29, 0.717) is 11.5 Å². The lowest BCUT2D eigenvalue weighted by atomic mass is 9.89. The molecule has 1 aliphatic rings. The minimum absolute atomic E-state index is 0.402. The van der Waals surface area contributed by atoms with Crippen molar-refractivity contribution in [2.24, 2.45) is 11.3 Å². The number of hydrogen-bond acceptors (Lipinski definition) is 2. The van der Waals surface area contributed by atoms with E-state index >= 15 is 0 Å². The van der Waals surface area contributed by atoms with Crippen LogP contribution in [0.25, 0.3) is 0 Å². The predicted octanol–water partition coefficient (Wildman–Crippen LogP) is 2.35. The number of rotatable bonds is 3. The van der Waals surface area contributed by atoms with Crippen LogP contribution in [0.1, 0.15) is 40.5 Å². The van der Waals surface area contributed by atoms with Gasteiger partial charge in [-0.05, 0) is 51.2 Å². The summed E-state index contributed by atoms with van der Waals surface area (Å²) in [5.41, 5.74) is 0.402. The molecule has 2 heteroatoms. The molecule has 1 atom stereocenters. The molecule has 0 aromatic carbocycles. The van der Waals surface area contributed by atoms with Gasteiger partial charge in [0, 0.05) is 12.6 Å². The van der Waals surface area contributed by atoms with E-state index in [0.717, 1.165) is 12.5 Å². The Balaban J connectivity index is 2.25. The van der Waals surface area contributed by atoms with E-state index in [2.05, 4.69) is 45.0 Å². The van der Waals surface area contributed by atoms with E-state index < -0.39 is 0 Å². The van der Waals surface area contributed by atoms with Crippen molar-refractivity contribution in [2.45, 2.75) is 46.6 Å². The Morgan fingerprint density at radius 1 is 1.27 bits per heavy atom. The number of nitrogens with one attached hydrogen (secondary N) is 1. The van der Waals surface area contributed by atoms with Crippen molar-refractivity contribution in [3.05, 3.63) is 0 Å². The zero-order valence-electron chi connectivity index (χ0n) is 11.1. The standard InChI is InChI=1S/C13H28N2/c1-11(14-10-13(2,3)4)12-6-8-15(5)9-7-12/h11-12,14H,6-10H2,1-5H3. The van der Waals surface area contributed by atoms with Gasteiger partial charge in [0.1, 0.15) is 0 Å². The molecule has 1 aliphatic heterocycles. The molecule has 0 saturated carbocycles. The molecule has 0 aliphatic carbocycles. The first-order chi connectivity index (χ1) is 6.88. The van der Waals surface area contributed by atoms with Gasteiger partial charge in [0.25, 0.3) is 0 Å². The van der Waals surface area contributed by atoms with Crippen molar-refractivity contribution < 1.29 is 0 Å². The first kappa shape index (κ1) is 13.0. The fourth-order valence-corrected chi connectivity index (χ4v) is 2.16. The van der Waals surface area contributed by atoms with Crippen LogP contribution in [0, 0.1) is 11.3 Å². The van der Waals surface area contributed by atoms with Crippen LogP contribution in [-0.2, 0) is 0 Å². The summed E-state index contributed by atoms with van der Waals surface area (Å²) in [7, 11) is 2.23. The van der Waals surface area contributed by atoms with Crippen molar-refractivity contribution in [1.82, 2.24) is 10.2 Å². The zero-order valence-corrected chi connectivity index (χ0v) is 11.1. The van der Waals surface area contributed by atoms with Crippen molar-refractivity contribution in [3.8, 4) is 0 Å². The van der Waals surface area contributed by atoms with Gasteiger partial charge < -0.3 is 10.2 Å². The van der Waals surface area contributed by atoms with E-state index in [1.165, 1.54) is 25.9 Å². The van der Waals surface area contributed by atoms with E-state index in [-0.39, 0.29) is 0 Å². The Hall–Kier alpha value is -0.0800. The highest BCUT2D eigenvalue weighted by Crippen LogP contribution is 2.20. The molecular weight excluding hydrogens is 184 g/mol. The Bertz CT molecular complexity index is 175. The summed E-state index contributed by atoms with van der Waals surface area (Å²) >= 11 is 0. The Morgan fingerprint density at radius 2 is 1.80 bits per heavy atom. The van der Waals surface area contributed by atoms with Crippen LogP contribution < -0.4 is 5.32 Å². The van der Waals surface area contributed by atoms with Crippen LogP contribution >= 0.6 is 0 Å². The van der Waals surface area contributed by atoms with E-state index in [9.17, 15) is 0 Å². The first-order valence-electron chi connectivity index (χ1n) is 6.30. The molecule has 1 rings (SSSR count). The number of piperidine rings is 1. The van der Waals surface area contributed by atoms with Crippen LogP contribution in [0.15, 0.2) is 0 Å². The van der Waals surface area contributed by atoms with Crippen molar-refractivity contribution >= 4 is 0 Å². The normalized spacial score (nSPS) is 23.0. The van der Waals surface area contributed by atoms with Gasteiger partial charge in [-0.25, -0.2) is 0 Å². The maximum atomic E-state index is 3.69. The second-order valence-corrected chi connectivity index (χ2v) is 6.37. The highest BCUT2D eigenvalue weighted by atomic mass is 15.1. The lowest BCUT2D eigenvalue weighted by molar-refractivity contribution is 0.183. The van der Waals surface area contributed by atoms with Gasteiger partial charge in [0.2, 0.25) is 0 Å². The smallest absolute Gasteiger partial charge is 0.00681 e. The Kier molecular flexibility index (Phi) is 4.60. The van der Waals surface area contributed by atoms with Crippen LogP contribution in [0.3, 0.4) is 0 Å². The average Bonchev–Trinajstić information content (AvgIpc) is 2.14. The van der Waals surface area contributed by atoms with Gasteiger partial charge in [-0.1, -0.05) is 20.8 Å². The largest absolute Gasteiger partial charge is 0.313 e. The molecule has 1 N–H and O–H groups in total. The van der Waals surface area contributed by atoms with Gasteiger partial charge in [-0.15, -0.1) is 0 Å². The SMILES string of the molecule is CC(NCC(C)(C)C)C1CCN(C)CC1. The van der Waals surface area contributed by atoms with Gasteiger partial charge in [0.15, 0.2) is 0 Å². The molecule has 0 bridgehead atoms. The summed E-state index contributed by atoms with van der Waals surface area (Å²) in [5.74, 6) is 0.878. The lowest BCUT2D eigenvalue weighted by Crippen LogP contribution is -2.43. The van der Waals surface area contributed by atoms with E-state index in [1.54, 1.807) is 0 Å². The zero-order chi connectivity index (χ0) is 11.5. The Labute approximate surface area is 95.4 Å². The monoisotopic (exact) mass is 212 g/mol. The maximum Gasteiger partial charge on any atom is 0.00681 e. The highest BCUT2D eigenvalue weighted by molar-refractivity contribution is 4.79. The molecule has 2 nitrogen and oxygen atoms in total. The lowest BCUT2D eigenvalue weighted by Gasteiger charge is -2.34. The summed E-state index contributed by atoms with van der Waals surface area (Å²) in [6.07, 6.45) is 2.71. The molecule has 0 spiro atoms. The van der Waals surface area contributed by atoms with E-state index in [1.807, 2.05) is 0 Å². The van der Waals surface area contributed by atoms with Crippen LogP contribution in [0.5, 0.6) is 0 Å². The molecule has 1 heterocycles. The minimum atomic E-state index is 0.402. The molecule has 1 fully saturated rings. The van der Waals surface area contributed by atoms with Crippen molar-refractivity contribution in [2.75, 3.05) is 26.7 Å². The molecular formula is C13H28N2. The highest BCUT2D eigenvalue weighted by Gasteiger charge is 2.22. The molecule has 0 aromatic rings. The topological polar surface area (TPSA) is 15.3 Å². The second-order valence-electron chi connectivity index (χ2n) is 6.37. The quantitative estimate of drug-likeness (QED) is 0.772. The number of nitrogens with zero attached hydrogens (tertiary/aromatic N) is 1. The fraction of sp³-hybridized carbons (Fsp3) is 1.00. The van der Waals surface area contributed by atoms with Gasteiger partial charge in [-0.2, -0.15) is 0 Å². The summed E-state index contributed by atoms with van der Waals surface area (Å²) in [4.78, 5) is 2.44. The fourth-order valence-electron chi connectivity index (χ4n) is 2.16. The summed E-state index contributed by atoms with van der Waals surface area (Å²) in [5, 5.41) is 3.69. The third-order valence-corrected chi connectivity index (χ3v) is 3.42. The van der Waals surface area contributed by atoms with Crippen LogP contribution in [0.2, 0.25) is 0 Å². The first-order valence-corrected chi connectivity index (χ1v) is 6.30. The predicted molar refractivity (Wildman–Crippen MR) is 67.1 cm³/mol. The summed E-state index contributed by atoms with van der Waals surface area (Å²) in [6.45, 7) is 12.9. The van der Waals surface area contributed by atoms with Crippen LogP contribution in [-0.4, -0.2) is 37.6 Å². The van der Waals surface area contributed by atoms with Crippen molar-refractivity contribution in [1.29, 1.82) is 0 Å². The van der Waals surface area contributed by atoms with Gasteiger partial charge in [-0.3, -0.25) is 0 Å². The van der Waals surface area contributed by atoms with Crippen molar-refractivity contribution in [3.63, 3.8) is 0 Å². The Morgan fingerprint density at radius 3 is 2.27 bits per heavy atom. The average molecular weight is 212 g/mol. The molecule has 1 unspecified atom stereocenters. The van der Waals surface area contributed by atoms with E-state index in [4.69, 9.17) is 0 Å². The van der Waals surface area contributed by atoms with Gasteiger partial charge >= 0.3 is 0 Å². The third-order valence-electron chi connectivity index (χ3n) is 3.42. The second kappa shape index (κ2) is 5.31. The summed E-state index contributed by atoms with van der Waals surface area (Å²) in [6, 6.07) is 0.679. The van der Waals surface area contributed by atoms with Gasteiger partial charge in [0.05, 0.1) is 0 Å². The molecule has 0 aromatic heterocycles. The third kappa shape index (κ3) is 4.98. The molecule has 1 saturated heterocycles. The number of hydrogen-bond donors (Lipinski definition) is 1.